The van der Waals surface area contributed by atoms with Crippen molar-refractivity contribution < 1.29 is 9.63 Å². The number of hydrogen-bond acceptors (Lipinski definition) is 6. The SMILES string of the molecule is Cc1cccc(-c2noc([C@H]3C[C@@H](O)CN3C3CCN(C)CC3)n2)c1. The fourth-order valence-electron chi connectivity index (χ4n) is 4.08. The number of hydrogen-bond donors (Lipinski definition) is 1. The van der Waals surface area contributed by atoms with Crippen LogP contribution in [0, 0.1) is 6.92 Å². The van der Waals surface area contributed by atoms with Crippen LogP contribution in [0.5, 0.6) is 0 Å². The zero-order chi connectivity index (χ0) is 17.4. The fourth-order valence-corrected chi connectivity index (χ4v) is 4.08. The van der Waals surface area contributed by atoms with Crippen LogP contribution < -0.4 is 0 Å². The number of aliphatic hydroxyl groups excluding tert-OH is 1. The first-order chi connectivity index (χ1) is 12.1. The van der Waals surface area contributed by atoms with E-state index in [0.717, 1.165) is 31.5 Å². The van der Waals surface area contributed by atoms with Crippen LogP contribution in [0.15, 0.2) is 28.8 Å². The van der Waals surface area contributed by atoms with Crippen molar-refractivity contribution in [3.05, 3.63) is 35.7 Å². The second-order valence-corrected chi connectivity index (χ2v) is 7.46. The number of likely N-dealkylation sites (tertiary alicyclic amines) is 2. The van der Waals surface area contributed by atoms with Gasteiger partial charge in [-0.3, -0.25) is 4.90 Å². The molecule has 4 rings (SSSR count). The minimum absolute atomic E-state index is 0.0227. The lowest BCUT2D eigenvalue weighted by molar-refractivity contribution is 0.0881. The van der Waals surface area contributed by atoms with Gasteiger partial charge in [0.1, 0.15) is 0 Å². The van der Waals surface area contributed by atoms with E-state index in [1.807, 2.05) is 12.1 Å². The number of nitrogens with zero attached hydrogens (tertiary/aromatic N) is 4. The van der Waals surface area contributed by atoms with E-state index in [-0.39, 0.29) is 12.1 Å². The normalized spacial score (nSPS) is 26.4. The first kappa shape index (κ1) is 16.7. The molecule has 2 saturated heterocycles. The maximum absolute atomic E-state index is 10.2. The molecule has 2 aliphatic heterocycles. The standard InChI is InChI=1S/C19H26N4O2/c1-13-4-3-5-14(10-13)18-20-19(25-21-18)17-11-16(24)12-23(17)15-6-8-22(2)9-7-15/h3-5,10,15-17,24H,6-9,11-12H2,1-2H3/t16-,17-/m1/s1. The van der Waals surface area contributed by atoms with Gasteiger partial charge in [0.15, 0.2) is 0 Å². The summed E-state index contributed by atoms with van der Waals surface area (Å²) in [4.78, 5) is 9.40. The van der Waals surface area contributed by atoms with E-state index in [1.54, 1.807) is 0 Å². The van der Waals surface area contributed by atoms with Gasteiger partial charge in [0.2, 0.25) is 11.7 Å². The number of aryl methyl sites for hydroxylation is 1. The van der Waals surface area contributed by atoms with Crippen LogP contribution >= 0.6 is 0 Å². The Kier molecular flexibility index (Phi) is 4.58. The maximum Gasteiger partial charge on any atom is 0.244 e. The van der Waals surface area contributed by atoms with Gasteiger partial charge in [-0.05, 0) is 52.4 Å². The van der Waals surface area contributed by atoms with Gasteiger partial charge in [0.25, 0.3) is 0 Å². The van der Waals surface area contributed by atoms with Crippen LogP contribution in [0.4, 0.5) is 0 Å². The Bertz CT molecular complexity index is 724. The Balaban J connectivity index is 1.55. The second kappa shape index (κ2) is 6.86. The van der Waals surface area contributed by atoms with Gasteiger partial charge in [0.05, 0.1) is 12.1 Å². The molecule has 6 heteroatoms. The zero-order valence-corrected chi connectivity index (χ0v) is 14.9. The number of aliphatic hydroxyl groups is 1. The number of aromatic nitrogens is 2. The molecule has 2 atom stereocenters. The summed E-state index contributed by atoms with van der Waals surface area (Å²) in [6, 6.07) is 8.62. The number of rotatable bonds is 3. The van der Waals surface area contributed by atoms with Crippen LogP contribution in [-0.2, 0) is 0 Å². The number of benzene rings is 1. The highest BCUT2D eigenvalue weighted by Crippen LogP contribution is 2.36. The minimum Gasteiger partial charge on any atom is -0.392 e. The second-order valence-electron chi connectivity index (χ2n) is 7.46. The predicted molar refractivity (Wildman–Crippen MR) is 95.1 cm³/mol. The van der Waals surface area contributed by atoms with Crippen LogP contribution in [0.3, 0.4) is 0 Å². The molecule has 0 spiro atoms. The van der Waals surface area contributed by atoms with E-state index >= 15 is 0 Å². The predicted octanol–water partition coefficient (Wildman–Crippen LogP) is 2.25. The lowest BCUT2D eigenvalue weighted by Crippen LogP contribution is -2.43. The van der Waals surface area contributed by atoms with Crippen molar-refractivity contribution in [2.45, 2.75) is 44.4 Å². The summed E-state index contributed by atoms with van der Waals surface area (Å²) in [6.07, 6.45) is 2.60. The minimum atomic E-state index is -0.320. The molecule has 0 radical (unpaired) electrons. The van der Waals surface area contributed by atoms with E-state index < -0.39 is 0 Å². The molecule has 3 heterocycles. The maximum atomic E-state index is 10.2. The smallest absolute Gasteiger partial charge is 0.244 e. The van der Waals surface area contributed by atoms with Gasteiger partial charge in [-0.15, -0.1) is 0 Å². The monoisotopic (exact) mass is 342 g/mol. The summed E-state index contributed by atoms with van der Waals surface area (Å²) in [5, 5.41) is 14.4. The van der Waals surface area contributed by atoms with Gasteiger partial charge < -0.3 is 14.5 Å². The van der Waals surface area contributed by atoms with Crippen molar-refractivity contribution in [1.29, 1.82) is 0 Å². The molecular formula is C19H26N4O2. The molecule has 1 aromatic carbocycles. The molecule has 6 nitrogen and oxygen atoms in total. The largest absolute Gasteiger partial charge is 0.392 e. The van der Waals surface area contributed by atoms with Crippen molar-refractivity contribution in [2.24, 2.45) is 0 Å². The Morgan fingerprint density at radius 3 is 2.80 bits per heavy atom. The molecule has 0 bridgehead atoms. The summed E-state index contributed by atoms with van der Waals surface area (Å²) in [6.45, 7) is 4.95. The van der Waals surface area contributed by atoms with Crippen LogP contribution in [0.2, 0.25) is 0 Å². The molecule has 0 saturated carbocycles. The van der Waals surface area contributed by atoms with Gasteiger partial charge in [-0.25, -0.2) is 0 Å². The van der Waals surface area contributed by atoms with Crippen molar-refractivity contribution >= 4 is 0 Å². The van der Waals surface area contributed by atoms with Crippen LogP contribution in [-0.4, -0.2) is 63.9 Å². The van der Waals surface area contributed by atoms with E-state index in [1.165, 1.54) is 5.56 Å². The molecule has 25 heavy (non-hydrogen) atoms. The van der Waals surface area contributed by atoms with Crippen molar-refractivity contribution in [3.8, 4) is 11.4 Å². The molecule has 2 aliphatic rings. The average molecular weight is 342 g/mol. The Morgan fingerprint density at radius 2 is 2.04 bits per heavy atom. The van der Waals surface area contributed by atoms with E-state index in [4.69, 9.17) is 4.52 Å². The first-order valence-corrected chi connectivity index (χ1v) is 9.13. The van der Waals surface area contributed by atoms with Gasteiger partial charge in [-0.2, -0.15) is 4.98 Å². The molecular weight excluding hydrogens is 316 g/mol. The Labute approximate surface area is 148 Å². The molecule has 1 N–H and O–H groups in total. The average Bonchev–Trinajstić information content (AvgIpc) is 3.22. The highest BCUT2D eigenvalue weighted by molar-refractivity contribution is 5.55. The summed E-state index contributed by atoms with van der Waals surface area (Å²) in [5.41, 5.74) is 2.15. The van der Waals surface area contributed by atoms with E-state index in [9.17, 15) is 5.11 Å². The molecule has 1 aromatic heterocycles. The topological polar surface area (TPSA) is 65.6 Å². The van der Waals surface area contributed by atoms with Gasteiger partial charge >= 0.3 is 0 Å². The van der Waals surface area contributed by atoms with Crippen molar-refractivity contribution in [1.82, 2.24) is 19.9 Å². The molecule has 134 valence electrons. The van der Waals surface area contributed by atoms with Gasteiger partial charge in [0, 0.05) is 18.2 Å². The third kappa shape index (κ3) is 3.47. The van der Waals surface area contributed by atoms with E-state index in [0.29, 0.717) is 30.7 Å². The number of piperidine rings is 1. The lowest BCUT2D eigenvalue weighted by Gasteiger charge is -2.37. The summed E-state index contributed by atoms with van der Waals surface area (Å²) in [7, 11) is 2.17. The van der Waals surface area contributed by atoms with Crippen LogP contribution in [0.25, 0.3) is 11.4 Å². The quantitative estimate of drug-likeness (QED) is 0.923. The summed E-state index contributed by atoms with van der Waals surface area (Å²) < 4.78 is 5.61. The highest BCUT2D eigenvalue weighted by atomic mass is 16.5. The molecule has 0 aliphatic carbocycles. The van der Waals surface area contributed by atoms with Crippen molar-refractivity contribution in [2.75, 3.05) is 26.7 Å². The van der Waals surface area contributed by atoms with Crippen molar-refractivity contribution in [3.63, 3.8) is 0 Å². The highest BCUT2D eigenvalue weighted by Gasteiger charge is 2.40. The first-order valence-electron chi connectivity index (χ1n) is 9.13. The Morgan fingerprint density at radius 1 is 1.24 bits per heavy atom. The third-order valence-electron chi connectivity index (χ3n) is 5.48. The Hall–Kier alpha value is -1.76. The fraction of sp³-hybridized carbons (Fsp3) is 0.579. The van der Waals surface area contributed by atoms with E-state index in [2.05, 4.69) is 46.0 Å². The lowest BCUT2D eigenvalue weighted by atomic mass is 10.0. The van der Waals surface area contributed by atoms with Gasteiger partial charge in [-0.1, -0.05) is 28.9 Å². The molecule has 0 unspecified atom stereocenters. The number of β-amino-alcohol motifs (C(OH)–C–C–N with tert-alkyl or cyclic N) is 1. The summed E-state index contributed by atoms with van der Waals surface area (Å²) in [5.74, 6) is 1.26. The molecule has 2 aromatic rings. The van der Waals surface area contributed by atoms with Crippen LogP contribution in [0.1, 0.15) is 36.8 Å². The molecule has 0 amide bonds. The zero-order valence-electron chi connectivity index (χ0n) is 14.9. The molecule has 2 fully saturated rings. The summed E-state index contributed by atoms with van der Waals surface area (Å²) >= 11 is 0. The third-order valence-corrected chi connectivity index (χ3v) is 5.48.